The molecule has 42 heavy (non-hydrogen) atoms. The van der Waals surface area contributed by atoms with Gasteiger partial charge in [0.15, 0.2) is 11.6 Å². The van der Waals surface area contributed by atoms with Crippen LogP contribution in [0.15, 0.2) is 53.7 Å². The van der Waals surface area contributed by atoms with Gasteiger partial charge in [0.25, 0.3) is 0 Å². The van der Waals surface area contributed by atoms with E-state index in [1.807, 2.05) is 12.1 Å². The van der Waals surface area contributed by atoms with E-state index in [1.165, 1.54) is 25.6 Å². The third-order valence-corrected chi connectivity index (χ3v) is 6.95. The van der Waals surface area contributed by atoms with E-state index in [4.69, 9.17) is 15.2 Å². The number of piperidine rings is 1. The molecule has 1 fully saturated rings. The van der Waals surface area contributed by atoms with Crippen LogP contribution in [0.1, 0.15) is 31.4 Å². The number of amides is 4. The normalized spacial score (nSPS) is 17.3. The van der Waals surface area contributed by atoms with Gasteiger partial charge in [0.1, 0.15) is 11.8 Å². The number of nitrogens with one attached hydrogen (secondary N) is 2. The quantitative estimate of drug-likeness (QED) is 0.399. The monoisotopic (exact) mass is 589 g/mol. The van der Waals surface area contributed by atoms with Crippen LogP contribution in [0.5, 0.6) is 5.75 Å². The fourth-order valence-electron chi connectivity index (χ4n) is 4.92. The Kier molecular flexibility index (Phi) is 11.6. The summed E-state index contributed by atoms with van der Waals surface area (Å²) in [6.45, 7) is 5.35. The molecular formula is C29H37F2N5O6. The zero-order valence-electron chi connectivity index (χ0n) is 24.1. The standard InChI is InChI=1S/C15H15F2N3O5.C14H22N2O/c1-24-6-10-11(13(21)25-2)12(20(14(18)22)15(23)19-10)7-3-4-8(16)9(17)5-7;1-3-15-12-8-10-16(11-9-12)13-4-6-14(17-2)7-5-13/h3-5,12H,6H2,1-2H3,(H2,18,22)(H,19,23);4-7,12,15H,3,8-11H2,1-2H3/t12-;/m0./s1. The number of nitrogens with zero attached hydrogens (tertiary/aromatic N) is 2. The second-order valence-electron chi connectivity index (χ2n) is 9.55. The lowest BCUT2D eigenvalue weighted by Crippen LogP contribution is -2.54. The minimum atomic E-state index is -1.40. The van der Waals surface area contributed by atoms with Crippen molar-refractivity contribution in [3.05, 3.63) is 70.9 Å². The van der Waals surface area contributed by atoms with Crippen molar-refractivity contribution in [2.24, 2.45) is 5.73 Å². The lowest BCUT2D eigenvalue weighted by Gasteiger charge is -2.35. The number of urea groups is 2. The number of rotatable bonds is 8. The van der Waals surface area contributed by atoms with Gasteiger partial charge in [-0.25, -0.2) is 28.1 Å². The van der Waals surface area contributed by atoms with E-state index in [0.717, 1.165) is 50.7 Å². The lowest BCUT2D eigenvalue weighted by molar-refractivity contribution is -0.137. The fraction of sp³-hybridized carbons (Fsp3) is 0.414. The SMILES string of the molecule is CCNC1CCN(c2ccc(OC)cc2)CC1.COCC1=C(C(=O)OC)[C@H](c2ccc(F)c(F)c2)N(C(N)=O)C(=O)N1. The van der Waals surface area contributed by atoms with Crippen LogP contribution in [0.4, 0.5) is 24.1 Å². The zero-order chi connectivity index (χ0) is 30.8. The van der Waals surface area contributed by atoms with Crippen LogP contribution in [0.3, 0.4) is 0 Å². The Hall–Kier alpha value is -4.23. The Morgan fingerprint density at radius 2 is 1.71 bits per heavy atom. The van der Waals surface area contributed by atoms with E-state index < -0.39 is 35.7 Å². The molecule has 228 valence electrons. The second kappa shape index (κ2) is 15.1. The molecule has 13 heteroatoms. The van der Waals surface area contributed by atoms with Crippen LogP contribution in [-0.4, -0.2) is 76.5 Å². The van der Waals surface area contributed by atoms with Crippen LogP contribution in [0.2, 0.25) is 0 Å². The third kappa shape index (κ3) is 7.74. The molecule has 2 aliphatic heterocycles. The molecule has 0 aliphatic carbocycles. The van der Waals surface area contributed by atoms with Gasteiger partial charge in [0.05, 0.1) is 32.1 Å². The summed E-state index contributed by atoms with van der Waals surface area (Å²) in [7, 11) is 4.12. The number of carbonyl (C=O) groups is 3. The summed E-state index contributed by atoms with van der Waals surface area (Å²) in [6.07, 6.45) is 2.47. The zero-order valence-corrected chi connectivity index (χ0v) is 24.1. The van der Waals surface area contributed by atoms with Gasteiger partial charge in [-0.2, -0.15) is 0 Å². The summed E-state index contributed by atoms with van der Waals surface area (Å²) in [6, 6.07) is 8.23. The van der Waals surface area contributed by atoms with Gasteiger partial charge < -0.3 is 35.5 Å². The fourth-order valence-corrected chi connectivity index (χ4v) is 4.92. The van der Waals surface area contributed by atoms with Gasteiger partial charge in [-0.15, -0.1) is 0 Å². The van der Waals surface area contributed by atoms with Crippen LogP contribution >= 0.6 is 0 Å². The number of primary amides is 1. The Bertz CT molecular complexity index is 1280. The topological polar surface area (TPSA) is 135 Å². The summed E-state index contributed by atoms with van der Waals surface area (Å²) in [5.74, 6) is -2.31. The molecule has 4 rings (SSSR count). The highest BCUT2D eigenvalue weighted by molar-refractivity contribution is 6.01. The maximum Gasteiger partial charge on any atom is 0.338 e. The van der Waals surface area contributed by atoms with Crippen molar-refractivity contribution in [3.8, 4) is 5.75 Å². The number of esters is 1. The summed E-state index contributed by atoms with van der Waals surface area (Å²) in [5, 5.41) is 5.84. The predicted molar refractivity (Wildman–Crippen MR) is 152 cm³/mol. The number of halogens is 2. The number of benzene rings is 2. The van der Waals surface area contributed by atoms with Gasteiger partial charge in [-0.05, 0) is 61.3 Å². The molecule has 2 aromatic rings. The molecule has 0 aromatic heterocycles. The van der Waals surface area contributed by atoms with E-state index in [0.29, 0.717) is 10.9 Å². The van der Waals surface area contributed by atoms with E-state index in [9.17, 15) is 23.2 Å². The molecule has 1 saturated heterocycles. The number of ether oxygens (including phenoxy) is 3. The highest BCUT2D eigenvalue weighted by Gasteiger charge is 2.42. The van der Waals surface area contributed by atoms with Crippen molar-refractivity contribution in [2.75, 3.05) is 52.5 Å². The van der Waals surface area contributed by atoms with Gasteiger partial charge >= 0.3 is 18.0 Å². The first kappa shape index (κ1) is 32.3. The molecule has 2 heterocycles. The number of methoxy groups -OCH3 is 3. The van der Waals surface area contributed by atoms with Crippen molar-refractivity contribution in [1.82, 2.24) is 15.5 Å². The predicted octanol–water partition coefficient (Wildman–Crippen LogP) is 3.46. The molecule has 0 radical (unpaired) electrons. The summed E-state index contributed by atoms with van der Waals surface area (Å²) >= 11 is 0. The van der Waals surface area contributed by atoms with E-state index in [1.54, 1.807) is 7.11 Å². The summed E-state index contributed by atoms with van der Waals surface area (Å²) in [5.41, 5.74) is 6.33. The smallest absolute Gasteiger partial charge is 0.338 e. The van der Waals surface area contributed by atoms with Gasteiger partial charge in [-0.3, -0.25) is 0 Å². The number of nitrogens with two attached hydrogens (primary N) is 1. The average molecular weight is 590 g/mol. The Morgan fingerprint density at radius 3 is 2.24 bits per heavy atom. The molecule has 4 amide bonds. The van der Waals surface area contributed by atoms with E-state index >= 15 is 0 Å². The number of hydrogen-bond donors (Lipinski definition) is 3. The number of hydrogen-bond acceptors (Lipinski definition) is 8. The molecule has 4 N–H and O–H groups in total. The van der Waals surface area contributed by atoms with Crippen LogP contribution in [-0.2, 0) is 14.3 Å². The van der Waals surface area contributed by atoms with Gasteiger partial charge in [-0.1, -0.05) is 13.0 Å². The van der Waals surface area contributed by atoms with E-state index in [-0.39, 0.29) is 23.4 Å². The third-order valence-electron chi connectivity index (χ3n) is 6.95. The highest BCUT2D eigenvalue weighted by atomic mass is 19.2. The molecule has 2 aliphatic rings. The molecule has 0 bridgehead atoms. The van der Waals surface area contributed by atoms with Crippen LogP contribution < -0.4 is 26.0 Å². The first-order valence-electron chi connectivity index (χ1n) is 13.4. The molecule has 11 nitrogen and oxygen atoms in total. The Labute approximate surface area is 243 Å². The maximum atomic E-state index is 13.6. The van der Waals surface area contributed by atoms with Crippen molar-refractivity contribution in [2.45, 2.75) is 31.8 Å². The molecular weight excluding hydrogens is 552 g/mol. The molecule has 0 unspecified atom stereocenters. The largest absolute Gasteiger partial charge is 0.497 e. The lowest BCUT2D eigenvalue weighted by atomic mass is 9.93. The molecule has 2 aromatic carbocycles. The summed E-state index contributed by atoms with van der Waals surface area (Å²) in [4.78, 5) is 39.1. The van der Waals surface area contributed by atoms with Crippen molar-refractivity contribution < 1.29 is 37.4 Å². The molecule has 0 saturated carbocycles. The van der Waals surface area contributed by atoms with Gasteiger partial charge in [0, 0.05) is 31.9 Å². The van der Waals surface area contributed by atoms with Gasteiger partial charge in [0.2, 0.25) is 0 Å². The average Bonchev–Trinajstić information content (AvgIpc) is 2.99. The van der Waals surface area contributed by atoms with Crippen LogP contribution in [0.25, 0.3) is 0 Å². The molecule has 1 atom stereocenters. The Balaban J connectivity index is 0.000000247. The minimum Gasteiger partial charge on any atom is -0.497 e. The minimum absolute atomic E-state index is 0.0200. The second-order valence-corrected chi connectivity index (χ2v) is 9.55. The van der Waals surface area contributed by atoms with Crippen molar-refractivity contribution >= 4 is 23.7 Å². The van der Waals surface area contributed by atoms with E-state index in [2.05, 4.69) is 39.3 Å². The van der Waals surface area contributed by atoms with Crippen LogP contribution in [0, 0.1) is 11.6 Å². The molecule has 0 spiro atoms. The van der Waals surface area contributed by atoms with Crippen molar-refractivity contribution in [1.29, 1.82) is 0 Å². The number of imide groups is 1. The first-order chi connectivity index (χ1) is 20.1. The summed E-state index contributed by atoms with van der Waals surface area (Å²) < 4.78 is 41.7. The Morgan fingerprint density at radius 1 is 1.05 bits per heavy atom. The first-order valence-corrected chi connectivity index (χ1v) is 13.4. The number of carbonyl (C=O) groups excluding carboxylic acids is 3. The van der Waals surface area contributed by atoms with Crippen molar-refractivity contribution in [3.63, 3.8) is 0 Å². The maximum absolute atomic E-state index is 13.6. The number of anilines is 1. The highest BCUT2D eigenvalue weighted by Crippen LogP contribution is 2.35.